The molecule has 10 rings (SSSR count). The van der Waals surface area contributed by atoms with Crippen LogP contribution in [0.4, 0.5) is 0 Å². The molecule has 0 fully saturated rings. The molecule has 0 amide bonds. The fourth-order valence-corrected chi connectivity index (χ4v) is 8.22. The summed E-state index contributed by atoms with van der Waals surface area (Å²) in [5.41, 5.74) is 9.88. The Balaban J connectivity index is 0.992. The van der Waals surface area contributed by atoms with Crippen molar-refractivity contribution in [1.29, 1.82) is 0 Å². The number of amidine groups is 2. The Bertz CT molecular complexity index is 2460. The lowest BCUT2D eigenvalue weighted by Gasteiger charge is -2.26. The molecule has 2 atom stereocenters. The molecule has 1 N–H and O–H groups in total. The van der Waals surface area contributed by atoms with Crippen molar-refractivity contribution in [2.24, 2.45) is 9.98 Å². The number of benzene rings is 4. The van der Waals surface area contributed by atoms with E-state index in [-0.39, 0.29) is 12.1 Å². The van der Waals surface area contributed by atoms with Gasteiger partial charge in [0.15, 0.2) is 6.17 Å². The Kier molecular flexibility index (Phi) is 6.75. The maximum atomic E-state index is 6.33. The first-order valence-corrected chi connectivity index (χ1v) is 17.8. The van der Waals surface area contributed by atoms with E-state index in [1.54, 1.807) is 0 Å². The molecule has 2 heterocycles. The predicted molar refractivity (Wildman–Crippen MR) is 204 cm³/mol. The van der Waals surface area contributed by atoms with Gasteiger partial charge in [-0.05, 0) is 113 Å². The number of furan rings is 1. The van der Waals surface area contributed by atoms with E-state index in [4.69, 9.17) is 14.4 Å². The molecule has 5 aromatic rings. The van der Waals surface area contributed by atoms with Crippen molar-refractivity contribution in [2.75, 3.05) is 0 Å². The number of nitrogens with zero attached hydrogens (tertiary/aromatic N) is 2. The van der Waals surface area contributed by atoms with E-state index in [2.05, 4.69) is 127 Å². The lowest BCUT2D eigenvalue weighted by atomic mass is 9.87. The number of nitrogens with one attached hydrogen (secondary N) is 1. The largest absolute Gasteiger partial charge is 0.456 e. The highest BCUT2D eigenvalue weighted by Gasteiger charge is 2.25. The molecule has 0 spiro atoms. The Morgan fingerprint density at radius 2 is 1.55 bits per heavy atom. The average Bonchev–Trinajstić information content (AvgIpc) is 3.56. The molecule has 4 nitrogen and oxygen atoms in total. The molecule has 0 saturated carbocycles. The van der Waals surface area contributed by atoms with E-state index in [0.29, 0.717) is 0 Å². The van der Waals surface area contributed by atoms with Crippen molar-refractivity contribution in [3.05, 3.63) is 154 Å². The van der Waals surface area contributed by atoms with E-state index < -0.39 is 0 Å². The van der Waals surface area contributed by atoms with Crippen LogP contribution in [0.3, 0.4) is 0 Å². The van der Waals surface area contributed by atoms with Crippen LogP contribution < -0.4 is 5.32 Å². The first kappa shape index (κ1) is 28.5. The second-order valence-electron chi connectivity index (χ2n) is 13.8. The second kappa shape index (κ2) is 11.6. The minimum absolute atomic E-state index is 0.277. The third-order valence-electron chi connectivity index (χ3n) is 10.8. The van der Waals surface area contributed by atoms with Crippen LogP contribution in [-0.4, -0.2) is 11.7 Å². The van der Waals surface area contributed by atoms with E-state index in [9.17, 15) is 0 Å². The Labute approximate surface area is 286 Å². The van der Waals surface area contributed by atoms with Crippen LogP contribution in [-0.2, 0) is 12.8 Å². The molecule has 238 valence electrons. The highest BCUT2D eigenvalue weighted by Crippen LogP contribution is 2.41. The quantitative estimate of drug-likeness (QED) is 0.200. The zero-order valence-electron chi connectivity index (χ0n) is 27.5. The Morgan fingerprint density at radius 1 is 0.714 bits per heavy atom. The molecule has 4 aromatic carbocycles. The van der Waals surface area contributed by atoms with Gasteiger partial charge in [-0.15, -0.1) is 0 Å². The SMILES string of the molecule is C1=CCCC(C2=NC(c3ccc4c(c3)C=CCC4)N=C(C3=CCC(c4ccc5ccc6ccc7oc8c(c7c6c5c4)CCC=C8)C=C3)N2)=C1. The third kappa shape index (κ3) is 4.97. The fourth-order valence-electron chi connectivity index (χ4n) is 8.22. The summed E-state index contributed by atoms with van der Waals surface area (Å²) in [5, 5.41) is 10.1. The number of fused-ring (bicyclic) bond motifs is 8. The van der Waals surface area contributed by atoms with Gasteiger partial charge in [-0.3, -0.25) is 0 Å². The van der Waals surface area contributed by atoms with Gasteiger partial charge >= 0.3 is 0 Å². The molecule has 1 aromatic heterocycles. The van der Waals surface area contributed by atoms with Crippen molar-refractivity contribution in [1.82, 2.24) is 5.32 Å². The number of hydrogen-bond acceptors (Lipinski definition) is 4. The topological polar surface area (TPSA) is 49.9 Å². The Morgan fingerprint density at radius 3 is 2.47 bits per heavy atom. The third-order valence-corrected chi connectivity index (χ3v) is 10.8. The van der Waals surface area contributed by atoms with Gasteiger partial charge in [-0.2, -0.15) is 0 Å². The van der Waals surface area contributed by atoms with Crippen LogP contribution >= 0.6 is 0 Å². The summed E-state index contributed by atoms with van der Waals surface area (Å²) in [4.78, 5) is 10.4. The monoisotopic (exact) mass is 635 g/mol. The standard InChI is InChI=1S/C45H37N3O/c1-2-9-32(10-3-1)43-46-44(48-45(47-43)36-23-16-28-8-4-5-11-34(28)26-36)33-20-14-29(15-21-33)35-22-18-30-17-19-31-24-25-40-42(41(31)38(30)27-35)37-12-6-7-13-39(37)49-40/h1-2,5,7,9,11,13-14,16-27,29,45H,3-4,6,8,10,12,15H2,(H,46,47,48). The maximum absolute atomic E-state index is 6.33. The lowest BCUT2D eigenvalue weighted by molar-refractivity contribution is 0.595. The minimum Gasteiger partial charge on any atom is -0.456 e. The molecule has 4 aliphatic carbocycles. The van der Waals surface area contributed by atoms with E-state index in [1.807, 2.05) is 0 Å². The molecule has 5 aliphatic rings. The number of allylic oxidation sites excluding steroid dienone is 7. The summed E-state index contributed by atoms with van der Waals surface area (Å²) >= 11 is 0. The van der Waals surface area contributed by atoms with E-state index >= 15 is 0 Å². The van der Waals surface area contributed by atoms with Crippen LogP contribution in [0.15, 0.2) is 135 Å². The van der Waals surface area contributed by atoms with Crippen molar-refractivity contribution < 1.29 is 4.42 Å². The molecule has 49 heavy (non-hydrogen) atoms. The molecule has 4 heteroatoms. The van der Waals surface area contributed by atoms with E-state index in [0.717, 1.165) is 79.1 Å². The molecule has 2 unspecified atom stereocenters. The minimum atomic E-state index is -0.277. The van der Waals surface area contributed by atoms with Crippen LogP contribution in [0.25, 0.3) is 44.7 Å². The lowest BCUT2D eigenvalue weighted by Crippen LogP contribution is -2.37. The number of aliphatic imine (C=N–C) groups is 2. The average molecular weight is 636 g/mol. The van der Waals surface area contributed by atoms with Crippen LogP contribution in [0.2, 0.25) is 0 Å². The number of aryl methyl sites for hydroxylation is 2. The van der Waals surface area contributed by atoms with Crippen molar-refractivity contribution in [3.63, 3.8) is 0 Å². The number of hydrogen-bond donors (Lipinski definition) is 1. The predicted octanol–water partition coefficient (Wildman–Crippen LogP) is 11.0. The van der Waals surface area contributed by atoms with Crippen molar-refractivity contribution in [2.45, 2.75) is 57.0 Å². The van der Waals surface area contributed by atoms with Gasteiger partial charge in [0.25, 0.3) is 0 Å². The molecule has 0 saturated heterocycles. The first-order chi connectivity index (χ1) is 24.2. The summed E-state index contributed by atoms with van der Waals surface area (Å²) in [6.07, 6.45) is 29.4. The highest BCUT2D eigenvalue weighted by molar-refractivity contribution is 6.21. The van der Waals surface area contributed by atoms with Gasteiger partial charge in [-0.25, -0.2) is 9.98 Å². The molecule has 0 bridgehead atoms. The molecule has 0 radical (unpaired) electrons. The van der Waals surface area contributed by atoms with Crippen LogP contribution in [0, 0.1) is 0 Å². The summed E-state index contributed by atoms with van der Waals surface area (Å²) in [6, 6.07) is 22.7. The van der Waals surface area contributed by atoms with Gasteiger partial charge in [0.05, 0.1) is 0 Å². The van der Waals surface area contributed by atoms with Crippen molar-refractivity contribution in [3.8, 4) is 0 Å². The second-order valence-corrected chi connectivity index (χ2v) is 13.8. The summed E-state index contributed by atoms with van der Waals surface area (Å²) in [7, 11) is 0. The summed E-state index contributed by atoms with van der Waals surface area (Å²) < 4.78 is 6.33. The fraction of sp³-hybridized carbons (Fsp3) is 0.200. The summed E-state index contributed by atoms with van der Waals surface area (Å²) in [6.45, 7) is 0. The van der Waals surface area contributed by atoms with Gasteiger partial charge in [-0.1, -0.05) is 97.1 Å². The number of rotatable bonds is 4. The van der Waals surface area contributed by atoms with Crippen molar-refractivity contribution >= 4 is 56.3 Å². The van der Waals surface area contributed by atoms with Crippen LogP contribution in [0.1, 0.15) is 77.8 Å². The summed E-state index contributed by atoms with van der Waals surface area (Å²) in [5.74, 6) is 3.15. The molecule has 1 aliphatic heterocycles. The zero-order chi connectivity index (χ0) is 32.3. The normalized spacial score (nSPS) is 21.2. The molecular weight excluding hydrogens is 599 g/mol. The smallest absolute Gasteiger partial charge is 0.169 e. The van der Waals surface area contributed by atoms with Gasteiger partial charge < -0.3 is 9.73 Å². The van der Waals surface area contributed by atoms with E-state index in [1.165, 1.54) is 54.8 Å². The zero-order valence-corrected chi connectivity index (χ0v) is 27.5. The van der Waals surface area contributed by atoms with Gasteiger partial charge in [0.2, 0.25) is 0 Å². The van der Waals surface area contributed by atoms with Gasteiger partial charge in [0, 0.05) is 27.8 Å². The van der Waals surface area contributed by atoms with Crippen LogP contribution in [0.5, 0.6) is 0 Å². The highest BCUT2D eigenvalue weighted by atomic mass is 16.3. The van der Waals surface area contributed by atoms with Gasteiger partial charge in [0.1, 0.15) is 23.0 Å². The first-order valence-electron chi connectivity index (χ1n) is 17.8. The Hall–Kier alpha value is -5.48. The molecular formula is C45H37N3O. The maximum Gasteiger partial charge on any atom is 0.169 e.